The topological polar surface area (TPSA) is 59.1 Å². The summed E-state index contributed by atoms with van der Waals surface area (Å²) < 4.78 is 11.6. The number of nitrogens with zero attached hydrogens (tertiary/aromatic N) is 2. The number of rotatable bonds is 3. The molecule has 0 N–H and O–H groups in total. The molecule has 3 aliphatic heterocycles. The number of likely N-dealkylation sites (tertiary alicyclic amines) is 2. The summed E-state index contributed by atoms with van der Waals surface area (Å²) in [5.74, 6) is 1.48. The van der Waals surface area contributed by atoms with Crippen molar-refractivity contribution in [3.8, 4) is 11.5 Å². The van der Waals surface area contributed by atoms with Gasteiger partial charge in [-0.2, -0.15) is 0 Å². The summed E-state index contributed by atoms with van der Waals surface area (Å²) in [4.78, 5) is 30.4. The number of fused-ring (bicyclic) bond motifs is 1. The quantitative estimate of drug-likeness (QED) is 0.654. The monoisotopic (exact) mass is 468 g/mol. The molecule has 2 aromatic carbocycles. The van der Waals surface area contributed by atoms with E-state index in [1.165, 1.54) is 0 Å². The van der Waals surface area contributed by atoms with E-state index in [9.17, 15) is 9.59 Å². The predicted octanol–water partition coefficient (Wildman–Crippen LogP) is 4.72. The van der Waals surface area contributed by atoms with Gasteiger partial charge in [0.2, 0.25) is 5.91 Å². The summed E-state index contributed by atoms with van der Waals surface area (Å²) in [7, 11) is 0. The van der Waals surface area contributed by atoms with Gasteiger partial charge < -0.3 is 19.3 Å². The maximum atomic E-state index is 13.6. The molecule has 2 saturated heterocycles. The molecule has 0 spiro atoms. The minimum atomic E-state index is -0.170. The fraction of sp³-hybridized carbons (Fsp3) is 0.462. The molecule has 0 saturated carbocycles. The molecular weight excluding hydrogens is 440 g/mol. The summed E-state index contributed by atoms with van der Waals surface area (Å²) >= 11 is 5.96. The van der Waals surface area contributed by atoms with Gasteiger partial charge in [-0.15, -0.1) is 0 Å². The summed E-state index contributed by atoms with van der Waals surface area (Å²) in [6.45, 7) is 3.19. The number of benzene rings is 2. The number of ether oxygens (including phenoxy) is 2. The van der Waals surface area contributed by atoms with Crippen LogP contribution in [0.25, 0.3) is 0 Å². The lowest BCUT2D eigenvalue weighted by Gasteiger charge is -2.36. The lowest BCUT2D eigenvalue weighted by molar-refractivity contribution is -0.138. The highest BCUT2D eigenvalue weighted by molar-refractivity contribution is 6.30. The van der Waals surface area contributed by atoms with Crippen LogP contribution >= 0.6 is 11.6 Å². The lowest BCUT2D eigenvalue weighted by Crippen LogP contribution is -2.46. The van der Waals surface area contributed by atoms with Crippen molar-refractivity contribution in [3.63, 3.8) is 0 Å². The second kappa shape index (κ2) is 9.64. The van der Waals surface area contributed by atoms with E-state index < -0.39 is 0 Å². The van der Waals surface area contributed by atoms with E-state index in [4.69, 9.17) is 21.1 Å². The van der Waals surface area contributed by atoms with E-state index in [1.54, 1.807) is 24.3 Å². The van der Waals surface area contributed by atoms with Crippen molar-refractivity contribution in [2.24, 2.45) is 5.92 Å². The zero-order valence-electron chi connectivity index (χ0n) is 18.7. The molecule has 2 atom stereocenters. The Morgan fingerprint density at radius 2 is 1.64 bits per heavy atom. The first-order valence-corrected chi connectivity index (χ1v) is 12.2. The van der Waals surface area contributed by atoms with Crippen LogP contribution in [0.3, 0.4) is 0 Å². The van der Waals surface area contributed by atoms with Crippen molar-refractivity contribution in [3.05, 3.63) is 58.6 Å². The van der Waals surface area contributed by atoms with E-state index in [0.717, 1.165) is 55.7 Å². The molecule has 2 fully saturated rings. The van der Waals surface area contributed by atoms with Gasteiger partial charge in [0.1, 0.15) is 0 Å². The van der Waals surface area contributed by atoms with Crippen LogP contribution in [0.4, 0.5) is 0 Å². The van der Waals surface area contributed by atoms with Crippen LogP contribution in [0.2, 0.25) is 5.02 Å². The van der Waals surface area contributed by atoms with Crippen molar-refractivity contribution in [1.29, 1.82) is 0 Å². The van der Waals surface area contributed by atoms with Gasteiger partial charge in [-0.25, -0.2) is 0 Å². The van der Waals surface area contributed by atoms with Gasteiger partial charge >= 0.3 is 0 Å². The van der Waals surface area contributed by atoms with Crippen molar-refractivity contribution in [1.82, 2.24) is 9.80 Å². The number of carbonyl (C=O) groups excluding carboxylic acids is 2. The average Bonchev–Trinajstić information content (AvgIpc) is 3.22. The second-order valence-corrected chi connectivity index (χ2v) is 9.48. The smallest absolute Gasteiger partial charge is 0.253 e. The number of amides is 2. The molecule has 0 aliphatic carbocycles. The Morgan fingerprint density at radius 3 is 2.45 bits per heavy atom. The zero-order valence-corrected chi connectivity index (χ0v) is 19.4. The summed E-state index contributed by atoms with van der Waals surface area (Å²) in [6.07, 6.45) is 4.42. The summed E-state index contributed by atoms with van der Waals surface area (Å²) in [5.41, 5.74) is 1.70. The normalized spacial score (nSPS) is 22.7. The van der Waals surface area contributed by atoms with E-state index in [0.29, 0.717) is 36.9 Å². The van der Waals surface area contributed by atoms with Gasteiger partial charge in [0.05, 0.1) is 25.2 Å². The van der Waals surface area contributed by atoms with Crippen molar-refractivity contribution < 1.29 is 19.1 Å². The highest BCUT2D eigenvalue weighted by Gasteiger charge is 2.37. The maximum Gasteiger partial charge on any atom is 0.253 e. The zero-order chi connectivity index (χ0) is 22.8. The van der Waals surface area contributed by atoms with E-state index in [-0.39, 0.29) is 23.8 Å². The van der Waals surface area contributed by atoms with Gasteiger partial charge in [0.25, 0.3) is 5.91 Å². The minimum Gasteiger partial charge on any atom is -0.490 e. The van der Waals surface area contributed by atoms with Crippen LogP contribution < -0.4 is 9.47 Å². The number of carbonyl (C=O) groups is 2. The number of hydrogen-bond acceptors (Lipinski definition) is 4. The molecule has 0 bridgehead atoms. The van der Waals surface area contributed by atoms with Crippen LogP contribution in [-0.4, -0.2) is 54.5 Å². The maximum absolute atomic E-state index is 13.6. The molecule has 2 unspecified atom stereocenters. The number of halogens is 1. The fourth-order valence-electron chi connectivity index (χ4n) is 5.14. The molecule has 6 nitrogen and oxygen atoms in total. The largest absolute Gasteiger partial charge is 0.490 e. The van der Waals surface area contributed by atoms with Crippen LogP contribution in [0, 0.1) is 5.92 Å². The van der Waals surface area contributed by atoms with Crippen molar-refractivity contribution >= 4 is 23.4 Å². The fourth-order valence-corrected chi connectivity index (χ4v) is 5.26. The molecule has 7 heteroatoms. The highest BCUT2D eigenvalue weighted by atomic mass is 35.5. The van der Waals surface area contributed by atoms with Crippen LogP contribution in [0.15, 0.2) is 42.5 Å². The van der Waals surface area contributed by atoms with Gasteiger partial charge in [-0.3, -0.25) is 9.59 Å². The van der Waals surface area contributed by atoms with E-state index in [1.807, 2.05) is 21.9 Å². The molecule has 5 rings (SSSR count). The van der Waals surface area contributed by atoms with E-state index >= 15 is 0 Å². The van der Waals surface area contributed by atoms with Crippen molar-refractivity contribution in [2.45, 2.75) is 38.1 Å². The second-order valence-electron chi connectivity index (χ2n) is 9.04. The lowest BCUT2D eigenvalue weighted by atomic mass is 9.94. The third-order valence-corrected chi connectivity index (χ3v) is 7.09. The first-order chi connectivity index (χ1) is 16.1. The van der Waals surface area contributed by atoms with Gasteiger partial charge in [-0.05, 0) is 67.6 Å². The van der Waals surface area contributed by atoms with E-state index in [2.05, 4.69) is 6.07 Å². The molecule has 174 valence electrons. The summed E-state index contributed by atoms with van der Waals surface area (Å²) in [5, 5.41) is 0.605. The SMILES string of the molecule is O=C(c1ccc(Cl)cc1)N1CCCC(C(=O)N2CCCC2c2ccc3c(c2)OCCCO3)C1. The van der Waals surface area contributed by atoms with Crippen molar-refractivity contribution in [2.75, 3.05) is 32.8 Å². The molecule has 2 amide bonds. The number of hydrogen-bond donors (Lipinski definition) is 0. The highest BCUT2D eigenvalue weighted by Crippen LogP contribution is 2.39. The first kappa shape index (κ1) is 22.1. The Balaban J connectivity index is 1.29. The minimum absolute atomic E-state index is 0.0370. The molecule has 3 heterocycles. The molecule has 2 aromatic rings. The molecule has 0 aromatic heterocycles. The van der Waals surface area contributed by atoms with Gasteiger partial charge in [0, 0.05) is 36.6 Å². The Morgan fingerprint density at radius 1 is 0.879 bits per heavy atom. The first-order valence-electron chi connectivity index (χ1n) is 11.8. The van der Waals surface area contributed by atoms with Crippen LogP contribution in [0.5, 0.6) is 11.5 Å². The Bertz CT molecular complexity index is 1030. The Labute approximate surface area is 199 Å². The average molecular weight is 469 g/mol. The number of piperidine rings is 1. The van der Waals surface area contributed by atoms with Crippen LogP contribution in [-0.2, 0) is 4.79 Å². The Kier molecular flexibility index (Phi) is 6.45. The summed E-state index contributed by atoms with van der Waals surface area (Å²) in [6, 6.07) is 13.0. The van der Waals surface area contributed by atoms with Gasteiger partial charge in [0.15, 0.2) is 11.5 Å². The molecule has 3 aliphatic rings. The molecular formula is C26H29ClN2O4. The molecule has 33 heavy (non-hydrogen) atoms. The van der Waals surface area contributed by atoms with Gasteiger partial charge in [-0.1, -0.05) is 17.7 Å². The predicted molar refractivity (Wildman–Crippen MR) is 126 cm³/mol. The third-order valence-electron chi connectivity index (χ3n) is 6.84. The molecule has 0 radical (unpaired) electrons. The van der Waals surface area contributed by atoms with Crippen LogP contribution in [0.1, 0.15) is 54.1 Å². The standard InChI is InChI=1S/C26H29ClN2O4/c27-21-9-6-18(7-10-21)25(30)28-12-1-4-20(17-28)26(31)29-13-2-5-22(29)19-8-11-23-24(16-19)33-15-3-14-32-23/h6-11,16,20,22H,1-5,12-15,17H2. The third kappa shape index (κ3) is 4.67. The Hall–Kier alpha value is -2.73.